The van der Waals surface area contributed by atoms with E-state index in [1.54, 1.807) is 50.2 Å². The average molecular weight is 563 g/mol. The summed E-state index contributed by atoms with van der Waals surface area (Å²) in [7, 11) is -2.76. The van der Waals surface area contributed by atoms with Crippen LogP contribution in [-0.4, -0.2) is 64.4 Å². The van der Waals surface area contributed by atoms with Crippen LogP contribution in [-0.2, 0) is 35.0 Å². The Labute approximate surface area is 228 Å². The summed E-state index contributed by atoms with van der Waals surface area (Å²) >= 11 is 0. The zero-order valence-corrected chi connectivity index (χ0v) is 23.1. The molecule has 2 rings (SSSR count). The summed E-state index contributed by atoms with van der Waals surface area (Å²) in [6.45, 7) is 4.67. The van der Waals surface area contributed by atoms with Crippen LogP contribution in [0.25, 0.3) is 10.4 Å². The van der Waals surface area contributed by atoms with E-state index in [9.17, 15) is 23.1 Å². The summed E-state index contributed by atoms with van der Waals surface area (Å²) < 4.78 is 40.3. The summed E-state index contributed by atoms with van der Waals surface area (Å²) in [5.41, 5.74) is 10.3. The first kappa shape index (κ1) is 31.6. The first-order valence-corrected chi connectivity index (χ1v) is 13.6. The van der Waals surface area contributed by atoms with Crippen LogP contribution in [0.4, 0.5) is 0 Å². The Morgan fingerprint density at radius 3 is 2.26 bits per heavy atom. The van der Waals surface area contributed by atoms with Crippen molar-refractivity contribution in [2.45, 2.75) is 44.2 Å². The van der Waals surface area contributed by atoms with E-state index in [0.717, 1.165) is 5.56 Å². The van der Waals surface area contributed by atoms with Gasteiger partial charge < -0.3 is 19.9 Å². The van der Waals surface area contributed by atoms with Gasteiger partial charge in [-0.2, -0.15) is 8.42 Å². The van der Waals surface area contributed by atoms with Gasteiger partial charge in [0.2, 0.25) is 5.91 Å². The van der Waals surface area contributed by atoms with Crippen molar-refractivity contribution in [3.05, 3.63) is 70.1 Å². The van der Waals surface area contributed by atoms with Crippen molar-refractivity contribution in [3.63, 3.8) is 0 Å². The van der Waals surface area contributed by atoms with E-state index >= 15 is 0 Å². The molecule has 2 N–H and O–H groups in total. The van der Waals surface area contributed by atoms with E-state index in [0.29, 0.717) is 11.3 Å². The van der Waals surface area contributed by atoms with Crippen LogP contribution in [0.2, 0.25) is 0 Å². The van der Waals surface area contributed by atoms with Crippen LogP contribution < -0.4 is 10.1 Å². The number of nitrogens with zero attached hydrogens (tertiary/aromatic N) is 3. The molecule has 0 spiro atoms. The van der Waals surface area contributed by atoms with Gasteiger partial charge in [0.05, 0.1) is 31.8 Å². The van der Waals surface area contributed by atoms with Gasteiger partial charge in [-0.25, -0.2) is 4.79 Å². The number of methoxy groups -OCH3 is 1. The van der Waals surface area contributed by atoms with Gasteiger partial charge in [0.1, 0.15) is 17.8 Å². The number of aliphatic hydroxyl groups is 1. The molecule has 13 heteroatoms. The van der Waals surface area contributed by atoms with Gasteiger partial charge in [-0.15, -0.1) is 0 Å². The number of rotatable bonds is 15. The highest BCUT2D eigenvalue weighted by molar-refractivity contribution is 7.86. The normalized spacial score (nSPS) is 13.6. The molecule has 39 heavy (non-hydrogen) atoms. The molecule has 2 aromatic rings. The highest BCUT2D eigenvalue weighted by Crippen LogP contribution is 2.18. The van der Waals surface area contributed by atoms with Crippen LogP contribution in [0.15, 0.2) is 58.5 Å². The number of carbonyl (C=O) groups is 2. The number of esters is 1. The average Bonchev–Trinajstić information content (AvgIpc) is 2.91. The summed E-state index contributed by atoms with van der Waals surface area (Å²) in [5.74, 6) is -1.67. The molecule has 1 amide bonds. The molecule has 0 radical (unpaired) electrons. The summed E-state index contributed by atoms with van der Waals surface area (Å²) in [4.78, 5) is 27.6. The van der Waals surface area contributed by atoms with E-state index in [2.05, 4.69) is 15.3 Å². The van der Waals surface area contributed by atoms with Gasteiger partial charge in [0.25, 0.3) is 10.1 Å². The van der Waals surface area contributed by atoms with Gasteiger partial charge in [-0.3, -0.25) is 8.98 Å². The molecular formula is C26H34N4O8S. The molecular weight excluding hydrogens is 528 g/mol. The van der Waals surface area contributed by atoms with Crippen LogP contribution in [0.1, 0.15) is 25.0 Å². The summed E-state index contributed by atoms with van der Waals surface area (Å²) in [5, 5.41) is 15.7. The molecule has 0 saturated heterocycles. The fourth-order valence-corrected chi connectivity index (χ4v) is 4.40. The molecule has 0 saturated carbocycles. The molecule has 0 aliphatic heterocycles. The maximum atomic E-state index is 12.6. The number of ether oxygens (including phenoxy) is 2. The SMILES string of the molecule is COC(=O)C(Cc1ccc(OCC(CO)COS(=O)(=O)c2ccc(C)cc2)cc1)NC(=O)[C@@H](N=[N+]=[N-])C(C)C. The second-order valence-electron chi connectivity index (χ2n) is 9.24. The largest absolute Gasteiger partial charge is 0.493 e. The van der Waals surface area contributed by atoms with Crippen molar-refractivity contribution < 1.29 is 36.8 Å². The van der Waals surface area contributed by atoms with Crippen LogP contribution in [0.5, 0.6) is 5.75 Å². The predicted octanol–water partition coefficient (Wildman–Crippen LogP) is 2.92. The number of hydrogen-bond donors (Lipinski definition) is 2. The highest BCUT2D eigenvalue weighted by Gasteiger charge is 2.27. The number of aliphatic hydroxyl groups excluding tert-OH is 1. The summed E-state index contributed by atoms with van der Waals surface area (Å²) in [6, 6.07) is 10.9. The van der Waals surface area contributed by atoms with Crippen molar-refractivity contribution in [2.24, 2.45) is 17.0 Å². The predicted molar refractivity (Wildman–Crippen MR) is 142 cm³/mol. The van der Waals surface area contributed by atoms with Gasteiger partial charge in [0, 0.05) is 17.3 Å². The number of benzene rings is 2. The molecule has 0 aromatic heterocycles. The van der Waals surface area contributed by atoms with Crippen LogP contribution >= 0.6 is 0 Å². The second kappa shape index (κ2) is 15.1. The van der Waals surface area contributed by atoms with Gasteiger partial charge in [-0.05, 0) is 48.2 Å². The first-order chi connectivity index (χ1) is 18.5. The Bertz CT molecular complexity index is 1240. The topological polar surface area (TPSA) is 177 Å². The number of hydrogen-bond acceptors (Lipinski definition) is 9. The van der Waals surface area contributed by atoms with Crippen molar-refractivity contribution in [1.82, 2.24) is 5.32 Å². The van der Waals surface area contributed by atoms with Crippen molar-refractivity contribution in [1.29, 1.82) is 0 Å². The van der Waals surface area contributed by atoms with Crippen molar-refractivity contribution in [3.8, 4) is 5.75 Å². The molecule has 3 atom stereocenters. The quantitative estimate of drug-likeness (QED) is 0.109. The lowest BCUT2D eigenvalue weighted by molar-refractivity contribution is -0.145. The Hall–Kier alpha value is -3.64. The number of azide groups is 1. The van der Waals surface area contributed by atoms with E-state index in [1.807, 2.05) is 6.92 Å². The lowest BCUT2D eigenvalue weighted by atomic mass is 10.0. The Balaban J connectivity index is 1.96. The molecule has 0 heterocycles. The molecule has 0 fully saturated rings. The number of aryl methyl sites for hydroxylation is 1. The third-order valence-electron chi connectivity index (χ3n) is 5.75. The Morgan fingerprint density at radius 1 is 1.08 bits per heavy atom. The standard InChI is InChI=1S/C26H34N4O8S/c1-17(2)24(29-30-27)25(32)28-23(26(33)36-4)13-19-7-9-21(10-8-19)37-15-20(14-31)16-38-39(34,35)22-11-5-18(3)6-12-22/h5-12,17,20,23-24,31H,13-16H2,1-4H3,(H,28,32)/t20?,23?,24-/m0/s1. The molecule has 2 aromatic carbocycles. The maximum absolute atomic E-state index is 12.6. The van der Waals surface area contributed by atoms with Crippen molar-refractivity contribution in [2.75, 3.05) is 26.9 Å². The minimum atomic E-state index is -3.97. The lowest BCUT2D eigenvalue weighted by Gasteiger charge is -2.21. The van der Waals surface area contributed by atoms with Gasteiger partial charge >= 0.3 is 5.97 Å². The van der Waals surface area contributed by atoms with Crippen molar-refractivity contribution >= 4 is 22.0 Å². The number of amides is 1. The van der Waals surface area contributed by atoms with Gasteiger partial charge in [0.15, 0.2) is 0 Å². The number of carbonyl (C=O) groups excluding carboxylic acids is 2. The summed E-state index contributed by atoms with van der Waals surface area (Å²) in [6.07, 6.45) is 0.115. The molecule has 0 aliphatic rings. The van der Waals surface area contributed by atoms with Crippen LogP contribution in [0, 0.1) is 18.8 Å². The second-order valence-corrected chi connectivity index (χ2v) is 10.9. The zero-order valence-electron chi connectivity index (χ0n) is 22.3. The fourth-order valence-electron chi connectivity index (χ4n) is 3.42. The Kier molecular flexibility index (Phi) is 12.2. The molecule has 0 aliphatic carbocycles. The monoisotopic (exact) mass is 562 g/mol. The third kappa shape index (κ3) is 9.88. The molecule has 2 unspecified atom stereocenters. The fraction of sp³-hybridized carbons (Fsp3) is 0.462. The number of nitrogens with one attached hydrogen (secondary N) is 1. The third-order valence-corrected chi connectivity index (χ3v) is 7.05. The smallest absolute Gasteiger partial charge is 0.328 e. The van der Waals surface area contributed by atoms with Gasteiger partial charge in [-0.1, -0.05) is 48.8 Å². The zero-order chi connectivity index (χ0) is 29.0. The first-order valence-electron chi connectivity index (χ1n) is 12.2. The Morgan fingerprint density at radius 2 is 1.72 bits per heavy atom. The van der Waals surface area contributed by atoms with Crippen LogP contribution in [0.3, 0.4) is 0 Å². The van der Waals surface area contributed by atoms with E-state index in [-0.39, 0.29) is 37.1 Å². The molecule has 212 valence electrons. The van der Waals surface area contributed by atoms with E-state index in [1.165, 1.54) is 19.2 Å². The lowest BCUT2D eigenvalue weighted by Crippen LogP contribution is -2.47. The minimum Gasteiger partial charge on any atom is -0.493 e. The highest BCUT2D eigenvalue weighted by atomic mass is 32.2. The molecule has 12 nitrogen and oxygen atoms in total. The van der Waals surface area contributed by atoms with E-state index in [4.69, 9.17) is 19.2 Å². The maximum Gasteiger partial charge on any atom is 0.328 e. The van der Waals surface area contributed by atoms with E-state index < -0.39 is 40.0 Å². The molecule has 0 bridgehead atoms. The minimum absolute atomic E-state index is 0.00386.